The molecule has 3 aromatic rings. The van der Waals surface area contributed by atoms with Crippen LogP contribution in [0.3, 0.4) is 0 Å². The van der Waals surface area contributed by atoms with E-state index < -0.39 is 0 Å². The minimum absolute atomic E-state index is 0.0849. The first-order chi connectivity index (χ1) is 9.63. The van der Waals surface area contributed by atoms with Gasteiger partial charge in [0.05, 0.1) is 15.4 Å². The van der Waals surface area contributed by atoms with Crippen LogP contribution >= 0.6 is 34.0 Å². The van der Waals surface area contributed by atoms with E-state index in [2.05, 4.69) is 10.3 Å². The smallest absolute Gasteiger partial charge is 0.267 e. The molecule has 3 aromatic heterocycles. The normalized spacial score (nSPS) is 10.7. The molecule has 0 spiro atoms. The molecule has 0 aliphatic carbocycles. The SMILES string of the molecule is Cc1cc(C(=O)Nc2nc(-c3cccs3)cs2)sc1C. The number of nitrogens with one attached hydrogen (secondary N) is 1. The lowest BCUT2D eigenvalue weighted by molar-refractivity contribution is 0.103. The van der Waals surface area contributed by atoms with Crippen molar-refractivity contribution < 1.29 is 4.79 Å². The highest BCUT2D eigenvalue weighted by atomic mass is 32.1. The summed E-state index contributed by atoms with van der Waals surface area (Å²) < 4.78 is 0. The maximum atomic E-state index is 12.1. The second kappa shape index (κ2) is 5.47. The summed E-state index contributed by atoms with van der Waals surface area (Å²) in [5.74, 6) is -0.0849. The molecule has 3 rings (SSSR count). The maximum absolute atomic E-state index is 12.1. The number of carbonyl (C=O) groups excluding carboxylic acids is 1. The fraction of sp³-hybridized carbons (Fsp3) is 0.143. The Morgan fingerprint density at radius 2 is 2.15 bits per heavy atom. The van der Waals surface area contributed by atoms with E-state index in [0.29, 0.717) is 5.13 Å². The molecule has 1 N–H and O–H groups in total. The Labute approximate surface area is 128 Å². The highest BCUT2D eigenvalue weighted by molar-refractivity contribution is 7.16. The first-order valence-electron chi connectivity index (χ1n) is 6.01. The topological polar surface area (TPSA) is 42.0 Å². The zero-order valence-corrected chi connectivity index (χ0v) is 13.4. The molecule has 0 bridgehead atoms. The summed E-state index contributed by atoms with van der Waals surface area (Å²) in [4.78, 5) is 19.6. The average molecular weight is 320 g/mol. The number of carbonyl (C=O) groups is 1. The van der Waals surface area contributed by atoms with Gasteiger partial charge in [-0.3, -0.25) is 10.1 Å². The number of anilines is 1. The second-order valence-electron chi connectivity index (χ2n) is 4.32. The van der Waals surface area contributed by atoms with E-state index in [0.717, 1.165) is 21.0 Å². The third-order valence-electron chi connectivity index (χ3n) is 2.89. The quantitative estimate of drug-likeness (QED) is 0.753. The Balaban J connectivity index is 1.76. The Morgan fingerprint density at radius 3 is 2.80 bits per heavy atom. The van der Waals surface area contributed by atoms with Crippen molar-refractivity contribution in [2.45, 2.75) is 13.8 Å². The first kappa shape index (κ1) is 13.5. The van der Waals surface area contributed by atoms with E-state index in [4.69, 9.17) is 0 Å². The molecule has 0 atom stereocenters. The molecule has 102 valence electrons. The molecule has 0 fully saturated rings. The summed E-state index contributed by atoms with van der Waals surface area (Å²) >= 11 is 4.61. The summed E-state index contributed by atoms with van der Waals surface area (Å²) in [7, 11) is 0. The summed E-state index contributed by atoms with van der Waals surface area (Å²) in [6.45, 7) is 4.04. The molecule has 0 aromatic carbocycles. The molecular formula is C14H12N2OS3. The van der Waals surface area contributed by atoms with Crippen molar-refractivity contribution in [2.24, 2.45) is 0 Å². The number of thiophene rings is 2. The molecule has 0 aliphatic rings. The van der Waals surface area contributed by atoms with Gasteiger partial charge in [0, 0.05) is 10.3 Å². The number of amides is 1. The number of rotatable bonds is 3. The van der Waals surface area contributed by atoms with E-state index in [9.17, 15) is 4.79 Å². The highest BCUT2D eigenvalue weighted by Crippen LogP contribution is 2.29. The van der Waals surface area contributed by atoms with Crippen LogP contribution in [0.1, 0.15) is 20.1 Å². The number of hydrogen-bond acceptors (Lipinski definition) is 5. The van der Waals surface area contributed by atoms with Crippen molar-refractivity contribution in [3.05, 3.63) is 44.3 Å². The first-order valence-corrected chi connectivity index (χ1v) is 8.59. The van der Waals surface area contributed by atoms with Gasteiger partial charge in [0.2, 0.25) is 0 Å². The number of thiazole rings is 1. The third-order valence-corrected chi connectivity index (χ3v) is 5.69. The van der Waals surface area contributed by atoms with Crippen LogP contribution in [0.4, 0.5) is 5.13 Å². The monoisotopic (exact) mass is 320 g/mol. The van der Waals surface area contributed by atoms with E-state index in [-0.39, 0.29) is 5.91 Å². The number of nitrogens with zero attached hydrogens (tertiary/aromatic N) is 1. The molecule has 20 heavy (non-hydrogen) atoms. The van der Waals surface area contributed by atoms with Crippen LogP contribution in [0, 0.1) is 13.8 Å². The van der Waals surface area contributed by atoms with Crippen LogP contribution in [0.2, 0.25) is 0 Å². The van der Waals surface area contributed by atoms with Crippen LogP contribution < -0.4 is 5.32 Å². The molecule has 1 amide bonds. The summed E-state index contributed by atoms with van der Waals surface area (Å²) in [6, 6.07) is 5.94. The molecule has 0 unspecified atom stereocenters. The van der Waals surface area contributed by atoms with Crippen molar-refractivity contribution in [3.8, 4) is 10.6 Å². The Bertz CT molecular complexity index is 721. The molecule has 0 radical (unpaired) electrons. The van der Waals surface area contributed by atoms with Crippen LogP contribution in [-0.2, 0) is 0 Å². The van der Waals surface area contributed by atoms with Crippen LogP contribution in [0.15, 0.2) is 29.0 Å². The van der Waals surface area contributed by atoms with Crippen molar-refractivity contribution >= 4 is 45.0 Å². The van der Waals surface area contributed by atoms with Gasteiger partial charge in [-0.2, -0.15) is 0 Å². The molecular weight excluding hydrogens is 308 g/mol. The number of aryl methyl sites for hydroxylation is 2. The predicted molar refractivity (Wildman–Crippen MR) is 87.2 cm³/mol. The Hall–Kier alpha value is -1.50. The molecule has 6 heteroatoms. The van der Waals surface area contributed by atoms with Gasteiger partial charge < -0.3 is 0 Å². The third kappa shape index (κ3) is 2.67. The Morgan fingerprint density at radius 1 is 1.30 bits per heavy atom. The zero-order valence-electron chi connectivity index (χ0n) is 11.0. The maximum Gasteiger partial charge on any atom is 0.267 e. The zero-order chi connectivity index (χ0) is 14.1. The van der Waals surface area contributed by atoms with Gasteiger partial charge in [-0.25, -0.2) is 4.98 Å². The van der Waals surface area contributed by atoms with E-state index in [1.165, 1.54) is 27.6 Å². The molecule has 0 saturated heterocycles. The molecule has 3 nitrogen and oxygen atoms in total. The lowest BCUT2D eigenvalue weighted by atomic mass is 10.3. The van der Waals surface area contributed by atoms with E-state index >= 15 is 0 Å². The molecule has 3 heterocycles. The van der Waals surface area contributed by atoms with Crippen molar-refractivity contribution in [1.82, 2.24) is 4.98 Å². The fourth-order valence-corrected chi connectivity index (χ4v) is 4.11. The van der Waals surface area contributed by atoms with Gasteiger partial charge in [0.25, 0.3) is 5.91 Å². The fourth-order valence-electron chi connectivity index (χ4n) is 1.71. The van der Waals surface area contributed by atoms with E-state index in [1.807, 2.05) is 42.8 Å². The predicted octanol–water partition coefficient (Wildman–Crippen LogP) is 4.80. The second-order valence-corrected chi connectivity index (χ2v) is 7.38. The van der Waals surface area contributed by atoms with Gasteiger partial charge >= 0.3 is 0 Å². The van der Waals surface area contributed by atoms with Gasteiger partial charge in [-0.05, 0) is 36.9 Å². The van der Waals surface area contributed by atoms with Gasteiger partial charge in [-0.15, -0.1) is 34.0 Å². The van der Waals surface area contributed by atoms with Crippen LogP contribution in [0.25, 0.3) is 10.6 Å². The van der Waals surface area contributed by atoms with Crippen LogP contribution in [-0.4, -0.2) is 10.9 Å². The van der Waals surface area contributed by atoms with Gasteiger partial charge in [0.15, 0.2) is 5.13 Å². The van der Waals surface area contributed by atoms with Crippen LogP contribution in [0.5, 0.6) is 0 Å². The average Bonchev–Trinajstić information content (AvgIpc) is 3.11. The minimum atomic E-state index is -0.0849. The van der Waals surface area contributed by atoms with Crippen molar-refractivity contribution in [1.29, 1.82) is 0 Å². The van der Waals surface area contributed by atoms with Gasteiger partial charge in [0.1, 0.15) is 0 Å². The standard InChI is InChI=1S/C14H12N2OS3/c1-8-6-12(20-9(8)2)13(17)16-14-15-10(7-19-14)11-4-3-5-18-11/h3-7H,1-2H3,(H,15,16,17). The van der Waals surface area contributed by atoms with Crippen molar-refractivity contribution in [2.75, 3.05) is 5.32 Å². The lowest BCUT2D eigenvalue weighted by Gasteiger charge is -1.97. The van der Waals surface area contributed by atoms with Crippen molar-refractivity contribution in [3.63, 3.8) is 0 Å². The minimum Gasteiger partial charge on any atom is -0.297 e. The summed E-state index contributed by atoms with van der Waals surface area (Å²) in [6.07, 6.45) is 0. The summed E-state index contributed by atoms with van der Waals surface area (Å²) in [5.41, 5.74) is 2.07. The number of aromatic nitrogens is 1. The van der Waals surface area contributed by atoms with Gasteiger partial charge in [-0.1, -0.05) is 6.07 Å². The molecule has 0 saturated carbocycles. The lowest BCUT2D eigenvalue weighted by Crippen LogP contribution is -2.09. The largest absolute Gasteiger partial charge is 0.297 e. The number of hydrogen-bond donors (Lipinski definition) is 1. The highest BCUT2D eigenvalue weighted by Gasteiger charge is 2.13. The summed E-state index contributed by atoms with van der Waals surface area (Å²) in [5, 5.41) is 7.49. The van der Waals surface area contributed by atoms with E-state index in [1.54, 1.807) is 11.3 Å². The molecule has 0 aliphatic heterocycles. The Kier molecular flexibility index (Phi) is 3.69.